The highest BCUT2D eigenvalue weighted by molar-refractivity contribution is 5.90. The molecule has 3 rings (SSSR count). The number of aromatic nitrogens is 3. The van der Waals surface area contributed by atoms with Crippen LogP contribution in [-0.4, -0.2) is 15.0 Å². The van der Waals surface area contributed by atoms with Crippen LogP contribution in [0.4, 0.5) is 0 Å². The lowest BCUT2D eigenvalue weighted by Crippen LogP contribution is -1.96. The van der Waals surface area contributed by atoms with Gasteiger partial charge in [0.2, 0.25) is 0 Å². The van der Waals surface area contributed by atoms with Gasteiger partial charge >= 0.3 is 0 Å². The van der Waals surface area contributed by atoms with Gasteiger partial charge < -0.3 is 0 Å². The summed E-state index contributed by atoms with van der Waals surface area (Å²) in [5.74, 6) is 0.878. The van der Waals surface area contributed by atoms with E-state index < -0.39 is 0 Å². The molecule has 2 heterocycles. The molecule has 0 saturated heterocycles. The molecule has 1 aromatic carbocycles. The van der Waals surface area contributed by atoms with Gasteiger partial charge in [0.05, 0.1) is 5.52 Å². The van der Waals surface area contributed by atoms with Crippen LogP contribution in [0, 0.1) is 0 Å². The number of fused-ring (bicyclic) bond motifs is 2. The minimum absolute atomic E-state index is 0.794. The summed E-state index contributed by atoms with van der Waals surface area (Å²) in [6.07, 6.45) is 3.83. The first-order valence-corrected chi connectivity index (χ1v) is 5.88. The monoisotopic (exact) mass is 223 g/mol. The average molecular weight is 223 g/mol. The van der Waals surface area contributed by atoms with Gasteiger partial charge in [-0.05, 0) is 18.6 Å². The van der Waals surface area contributed by atoms with Crippen LogP contribution in [0.2, 0.25) is 0 Å². The molecule has 0 bridgehead atoms. The van der Waals surface area contributed by atoms with E-state index in [2.05, 4.69) is 34.0 Å². The number of aryl methyl sites for hydroxylation is 1. The molecule has 0 atom stereocenters. The molecule has 3 heteroatoms. The summed E-state index contributed by atoms with van der Waals surface area (Å²) in [6, 6.07) is 10.2. The molecule has 0 fully saturated rings. The lowest BCUT2D eigenvalue weighted by atomic mass is 10.2. The fraction of sp³-hybridized carbons (Fsp3) is 0.214. The molecule has 0 amide bonds. The maximum atomic E-state index is 4.57. The molecule has 0 radical (unpaired) electrons. The van der Waals surface area contributed by atoms with Crippen molar-refractivity contribution in [3.63, 3.8) is 0 Å². The summed E-state index contributed by atoms with van der Waals surface area (Å²) in [7, 11) is 0. The molecule has 0 spiro atoms. The number of pyridine rings is 1. The number of benzene rings is 1. The number of para-hydroxylation sites is 1. The van der Waals surface area contributed by atoms with Gasteiger partial charge in [0.25, 0.3) is 0 Å². The van der Waals surface area contributed by atoms with Gasteiger partial charge in [-0.15, -0.1) is 0 Å². The first-order valence-electron chi connectivity index (χ1n) is 5.88. The Morgan fingerprint density at radius 2 is 1.94 bits per heavy atom. The van der Waals surface area contributed by atoms with E-state index >= 15 is 0 Å². The Bertz CT molecular complexity index is 676. The molecular formula is C14H13N3. The lowest BCUT2D eigenvalue weighted by molar-refractivity contribution is 0.842. The first kappa shape index (κ1) is 10.1. The van der Waals surface area contributed by atoms with Crippen LogP contribution in [-0.2, 0) is 6.42 Å². The van der Waals surface area contributed by atoms with Crippen molar-refractivity contribution in [2.75, 3.05) is 0 Å². The Balaban J connectivity index is 2.25. The van der Waals surface area contributed by atoms with E-state index in [1.54, 1.807) is 0 Å². The predicted molar refractivity (Wildman–Crippen MR) is 68.8 cm³/mol. The predicted octanol–water partition coefficient (Wildman–Crippen LogP) is 3.13. The first-order chi connectivity index (χ1) is 8.36. The minimum Gasteiger partial charge on any atom is -0.241 e. The van der Waals surface area contributed by atoms with Crippen LogP contribution >= 0.6 is 0 Å². The van der Waals surface area contributed by atoms with Crippen LogP contribution in [0.3, 0.4) is 0 Å². The summed E-state index contributed by atoms with van der Waals surface area (Å²) in [4.78, 5) is 13.4. The summed E-state index contributed by atoms with van der Waals surface area (Å²) in [5.41, 5.74) is 1.78. The van der Waals surface area contributed by atoms with Crippen molar-refractivity contribution < 1.29 is 0 Å². The molecule has 84 valence electrons. The van der Waals surface area contributed by atoms with E-state index in [0.29, 0.717) is 0 Å². The van der Waals surface area contributed by atoms with Crippen molar-refractivity contribution in [2.45, 2.75) is 19.8 Å². The minimum atomic E-state index is 0.794. The van der Waals surface area contributed by atoms with Crippen molar-refractivity contribution in [3.05, 3.63) is 42.4 Å². The highest BCUT2D eigenvalue weighted by Gasteiger charge is 2.02. The van der Waals surface area contributed by atoms with Crippen molar-refractivity contribution in [2.24, 2.45) is 0 Å². The lowest BCUT2D eigenvalue weighted by Gasteiger charge is -2.02. The van der Waals surface area contributed by atoms with Gasteiger partial charge in [0.15, 0.2) is 5.65 Å². The SMILES string of the molecule is CCCc1ncc2cc3ccccc3nc2n1. The summed E-state index contributed by atoms with van der Waals surface area (Å²) in [5, 5.41) is 2.13. The van der Waals surface area contributed by atoms with E-state index in [0.717, 1.165) is 40.6 Å². The fourth-order valence-corrected chi connectivity index (χ4v) is 1.95. The van der Waals surface area contributed by atoms with Crippen molar-refractivity contribution in [3.8, 4) is 0 Å². The quantitative estimate of drug-likeness (QED) is 0.626. The second-order valence-electron chi connectivity index (χ2n) is 4.13. The smallest absolute Gasteiger partial charge is 0.163 e. The van der Waals surface area contributed by atoms with Gasteiger partial charge in [-0.25, -0.2) is 15.0 Å². The Morgan fingerprint density at radius 1 is 1.06 bits per heavy atom. The Labute approximate surface area is 99.5 Å². The second-order valence-corrected chi connectivity index (χ2v) is 4.13. The maximum absolute atomic E-state index is 4.57. The molecule has 2 aromatic heterocycles. The molecule has 0 aliphatic rings. The highest BCUT2D eigenvalue weighted by atomic mass is 14.9. The van der Waals surface area contributed by atoms with Gasteiger partial charge in [-0.1, -0.05) is 25.1 Å². The molecule has 3 aromatic rings. The van der Waals surface area contributed by atoms with E-state index in [1.165, 1.54) is 0 Å². The Hall–Kier alpha value is -2.03. The van der Waals surface area contributed by atoms with E-state index in [9.17, 15) is 0 Å². The van der Waals surface area contributed by atoms with Crippen molar-refractivity contribution in [1.29, 1.82) is 0 Å². The third kappa shape index (κ3) is 1.84. The zero-order valence-electron chi connectivity index (χ0n) is 9.72. The topological polar surface area (TPSA) is 38.7 Å². The van der Waals surface area contributed by atoms with E-state index in [1.807, 2.05) is 24.4 Å². The molecule has 0 aliphatic carbocycles. The van der Waals surface area contributed by atoms with Crippen LogP contribution in [0.5, 0.6) is 0 Å². The third-order valence-corrected chi connectivity index (χ3v) is 2.79. The summed E-state index contributed by atoms with van der Waals surface area (Å²) < 4.78 is 0. The summed E-state index contributed by atoms with van der Waals surface area (Å²) >= 11 is 0. The zero-order chi connectivity index (χ0) is 11.7. The zero-order valence-corrected chi connectivity index (χ0v) is 9.72. The highest BCUT2D eigenvalue weighted by Crippen LogP contribution is 2.17. The number of nitrogens with zero attached hydrogens (tertiary/aromatic N) is 3. The molecule has 0 N–H and O–H groups in total. The number of hydrogen-bond acceptors (Lipinski definition) is 3. The van der Waals surface area contributed by atoms with Crippen molar-refractivity contribution in [1.82, 2.24) is 15.0 Å². The van der Waals surface area contributed by atoms with Crippen LogP contribution < -0.4 is 0 Å². The van der Waals surface area contributed by atoms with Crippen LogP contribution in [0.25, 0.3) is 21.9 Å². The fourth-order valence-electron chi connectivity index (χ4n) is 1.95. The number of hydrogen-bond donors (Lipinski definition) is 0. The van der Waals surface area contributed by atoms with Crippen LogP contribution in [0.1, 0.15) is 19.2 Å². The maximum Gasteiger partial charge on any atom is 0.163 e. The van der Waals surface area contributed by atoms with Gasteiger partial charge in [-0.3, -0.25) is 0 Å². The molecule has 0 saturated carbocycles. The van der Waals surface area contributed by atoms with Gasteiger partial charge in [0, 0.05) is 23.4 Å². The molecule has 17 heavy (non-hydrogen) atoms. The van der Waals surface area contributed by atoms with Crippen molar-refractivity contribution >= 4 is 21.9 Å². The van der Waals surface area contributed by atoms with E-state index in [-0.39, 0.29) is 0 Å². The summed E-state index contributed by atoms with van der Waals surface area (Å²) in [6.45, 7) is 2.13. The number of rotatable bonds is 2. The third-order valence-electron chi connectivity index (χ3n) is 2.79. The molecule has 0 aliphatic heterocycles. The normalized spacial score (nSPS) is 11.1. The molecule has 3 nitrogen and oxygen atoms in total. The molecular weight excluding hydrogens is 210 g/mol. The van der Waals surface area contributed by atoms with E-state index in [4.69, 9.17) is 0 Å². The second kappa shape index (κ2) is 4.09. The van der Waals surface area contributed by atoms with Gasteiger partial charge in [0.1, 0.15) is 5.82 Å². The van der Waals surface area contributed by atoms with Gasteiger partial charge in [-0.2, -0.15) is 0 Å². The van der Waals surface area contributed by atoms with Crippen LogP contribution in [0.15, 0.2) is 36.5 Å². The Morgan fingerprint density at radius 3 is 2.82 bits per heavy atom. The Kier molecular flexibility index (Phi) is 2.44. The largest absolute Gasteiger partial charge is 0.241 e. The average Bonchev–Trinajstić information content (AvgIpc) is 2.36. The standard InChI is InChI=1S/C14H13N3/c1-2-5-13-15-9-11-8-10-6-3-4-7-12(10)16-14(11)17-13/h3-4,6-9H,2,5H2,1H3. The molecule has 0 unspecified atom stereocenters.